The zero-order valence-corrected chi connectivity index (χ0v) is 12.2. The Morgan fingerprint density at radius 3 is 2.65 bits per heavy atom. The zero-order valence-electron chi connectivity index (χ0n) is 12.2. The Balaban J connectivity index is 2.35. The quantitative estimate of drug-likeness (QED) is 0.834. The highest BCUT2D eigenvalue weighted by atomic mass is 16.1. The average molecular weight is 268 g/mol. The number of benzene rings is 2. The fourth-order valence-electron chi connectivity index (χ4n) is 2.25. The average Bonchev–Trinajstić information content (AvgIpc) is 2.43. The van der Waals surface area contributed by atoms with Crippen molar-refractivity contribution in [3.05, 3.63) is 58.7 Å². The number of hydrogen-bond donors (Lipinski definition) is 2. The molecule has 20 heavy (non-hydrogen) atoms. The van der Waals surface area contributed by atoms with E-state index >= 15 is 0 Å². The molecule has 0 aliphatic carbocycles. The number of nitrogens with one attached hydrogen (secondary N) is 1. The van der Waals surface area contributed by atoms with Gasteiger partial charge in [0.1, 0.15) is 0 Å². The largest absolute Gasteiger partial charge is 0.398 e. The molecule has 0 aromatic heterocycles. The van der Waals surface area contributed by atoms with Gasteiger partial charge in [0.25, 0.3) is 5.91 Å². The molecule has 3 heteroatoms. The maximum Gasteiger partial charge on any atom is 0.257 e. The normalized spacial score (nSPS) is 10.3. The van der Waals surface area contributed by atoms with Gasteiger partial charge in [0.2, 0.25) is 0 Å². The van der Waals surface area contributed by atoms with Gasteiger partial charge in [0.05, 0.1) is 5.56 Å². The molecule has 104 valence electrons. The molecule has 1 amide bonds. The number of anilines is 2. The monoisotopic (exact) mass is 268 g/mol. The van der Waals surface area contributed by atoms with Crippen LogP contribution in [0.5, 0.6) is 0 Å². The Morgan fingerprint density at radius 2 is 1.95 bits per heavy atom. The molecule has 0 atom stereocenters. The fourth-order valence-corrected chi connectivity index (χ4v) is 2.25. The molecule has 0 bridgehead atoms. The van der Waals surface area contributed by atoms with Crippen LogP contribution < -0.4 is 11.1 Å². The van der Waals surface area contributed by atoms with Gasteiger partial charge in [-0.1, -0.05) is 36.8 Å². The molecular formula is C17H20N2O. The summed E-state index contributed by atoms with van der Waals surface area (Å²) in [6, 6.07) is 11.5. The Morgan fingerprint density at radius 1 is 1.20 bits per heavy atom. The number of nitrogen functional groups attached to an aromatic ring is 1. The molecule has 0 aliphatic rings. The molecule has 2 aromatic carbocycles. The predicted octanol–water partition coefficient (Wildman–Crippen LogP) is 3.70. The van der Waals surface area contributed by atoms with Gasteiger partial charge in [-0.25, -0.2) is 0 Å². The first-order valence-electron chi connectivity index (χ1n) is 6.79. The van der Waals surface area contributed by atoms with Crippen LogP contribution in [-0.2, 0) is 6.42 Å². The molecular weight excluding hydrogens is 248 g/mol. The number of carbonyl (C=O) groups excluding carboxylic acids is 1. The van der Waals surface area contributed by atoms with Crippen molar-refractivity contribution in [3.8, 4) is 0 Å². The lowest BCUT2D eigenvalue weighted by Gasteiger charge is -2.14. The predicted molar refractivity (Wildman–Crippen MR) is 84.1 cm³/mol. The van der Waals surface area contributed by atoms with Crippen LogP contribution >= 0.6 is 0 Å². The van der Waals surface area contributed by atoms with Crippen molar-refractivity contribution >= 4 is 17.3 Å². The molecule has 2 aromatic rings. The standard InChI is InChI=1S/C17H20N2O/c1-4-13-7-5-6-12(3)16(13)19-17(20)14-10-11(2)8-9-15(14)18/h5-10H,4,18H2,1-3H3,(H,19,20). The van der Waals surface area contributed by atoms with Crippen molar-refractivity contribution < 1.29 is 4.79 Å². The highest BCUT2D eigenvalue weighted by molar-refractivity contribution is 6.08. The van der Waals surface area contributed by atoms with Gasteiger partial charge in [0.15, 0.2) is 0 Å². The number of carbonyl (C=O) groups is 1. The minimum Gasteiger partial charge on any atom is -0.398 e. The summed E-state index contributed by atoms with van der Waals surface area (Å²) in [4.78, 5) is 12.4. The molecule has 3 nitrogen and oxygen atoms in total. The van der Waals surface area contributed by atoms with E-state index in [0.29, 0.717) is 11.3 Å². The maximum atomic E-state index is 12.4. The van der Waals surface area contributed by atoms with Crippen molar-refractivity contribution in [2.45, 2.75) is 27.2 Å². The van der Waals surface area contributed by atoms with Crippen molar-refractivity contribution in [1.29, 1.82) is 0 Å². The minimum absolute atomic E-state index is 0.157. The molecule has 0 saturated heterocycles. The van der Waals surface area contributed by atoms with E-state index in [0.717, 1.165) is 28.8 Å². The fraction of sp³-hybridized carbons (Fsp3) is 0.235. The summed E-state index contributed by atoms with van der Waals surface area (Å²) in [5.74, 6) is -0.157. The van der Waals surface area contributed by atoms with E-state index in [9.17, 15) is 4.79 Å². The highest BCUT2D eigenvalue weighted by Crippen LogP contribution is 2.23. The van der Waals surface area contributed by atoms with Crippen molar-refractivity contribution in [1.82, 2.24) is 0 Å². The van der Waals surface area contributed by atoms with E-state index in [-0.39, 0.29) is 5.91 Å². The van der Waals surface area contributed by atoms with Crippen LogP contribution in [0.4, 0.5) is 11.4 Å². The molecule has 0 fully saturated rings. The van der Waals surface area contributed by atoms with E-state index in [2.05, 4.69) is 12.2 Å². The van der Waals surface area contributed by atoms with Gasteiger partial charge in [-0.15, -0.1) is 0 Å². The topological polar surface area (TPSA) is 55.1 Å². The Bertz CT molecular complexity index is 647. The summed E-state index contributed by atoms with van der Waals surface area (Å²) in [7, 11) is 0. The van der Waals surface area contributed by atoms with Gasteiger partial charge >= 0.3 is 0 Å². The van der Waals surface area contributed by atoms with Crippen molar-refractivity contribution in [2.24, 2.45) is 0 Å². The summed E-state index contributed by atoms with van der Waals surface area (Å²) >= 11 is 0. The number of amides is 1. The third kappa shape index (κ3) is 2.82. The number of aryl methyl sites for hydroxylation is 3. The van der Waals surface area contributed by atoms with Crippen molar-refractivity contribution in [3.63, 3.8) is 0 Å². The van der Waals surface area contributed by atoms with Gasteiger partial charge in [-0.05, 0) is 43.5 Å². The number of para-hydroxylation sites is 1. The summed E-state index contributed by atoms with van der Waals surface area (Å²) in [6.45, 7) is 6.02. The first kappa shape index (κ1) is 14.1. The Kier molecular flexibility index (Phi) is 4.08. The second kappa shape index (κ2) is 5.78. The van der Waals surface area contributed by atoms with E-state index < -0.39 is 0 Å². The smallest absolute Gasteiger partial charge is 0.257 e. The highest BCUT2D eigenvalue weighted by Gasteiger charge is 2.13. The SMILES string of the molecule is CCc1cccc(C)c1NC(=O)c1cc(C)ccc1N. The van der Waals surface area contributed by atoms with Crippen LogP contribution in [0.2, 0.25) is 0 Å². The lowest BCUT2D eigenvalue weighted by molar-refractivity contribution is 0.102. The van der Waals surface area contributed by atoms with Crippen LogP contribution in [0.1, 0.15) is 34.0 Å². The van der Waals surface area contributed by atoms with Crippen LogP contribution in [0.3, 0.4) is 0 Å². The van der Waals surface area contributed by atoms with E-state index in [1.165, 1.54) is 0 Å². The summed E-state index contributed by atoms with van der Waals surface area (Å²) < 4.78 is 0. The lowest BCUT2D eigenvalue weighted by atomic mass is 10.0. The van der Waals surface area contributed by atoms with E-state index in [1.54, 1.807) is 6.07 Å². The van der Waals surface area contributed by atoms with Gasteiger partial charge in [-0.3, -0.25) is 4.79 Å². The Hall–Kier alpha value is -2.29. The molecule has 0 saturated carbocycles. The molecule has 0 unspecified atom stereocenters. The van der Waals surface area contributed by atoms with Crippen LogP contribution in [0.15, 0.2) is 36.4 Å². The second-order valence-electron chi connectivity index (χ2n) is 5.01. The minimum atomic E-state index is -0.157. The second-order valence-corrected chi connectivity index (χ2v) is 5.01. The summed E-state index contributed by atoms with van der Waals surface area (Å²) in [5, 5.41) is 3.00. The van der Waals surface area contributed by atoms with Gasteiger partial charge in [0, 0.05) is 11.4 Å². The first-order valence-corrected chi connectivity index (χ1v) is 6.79. The van der Waals surface area contributed by atoms with Crippen LogP contribution in [-0.4, -0.2) is 5.91 Å². The third-order valence-electron chi connectivity index (χ3n) is 3.43. The van der Waals surface area contributed by atoms with E-state index in [4.69, 9.17) is 5.73 Å². The van der Waals surface area contributed by atoms with Gasteiger partial charge in [-0.2, -0.15) is 0 Å². The molecule has 0 radical (unpaired) electrons. The third-order valence-corrected chi connectivity index (χ3v) is 3.43. The van der Waals surface area contributed by atoms with Crippen LogP contribution in [0.25, 0.3) is 0 Å². The Labute approximate surface area is 119 Å². The zero-order chi connectivity index (χ0) is 14.7. The maximum absolute atomic E-state index is 12.4. The summed E-state index contributed by atoms with van der Waals surface area (Å²) in [6.07, 6.45) is 0.876. The molecule has 0 heterocycles. The number of rotatable bonds is 3. The molecule has 0 aliphatic heterocycles. The summed E-state index contributed by atoms with van der Waals surface area (Å²) in [5.41, 5.74) is 11.0. The number of nitrogens with two attached hydrogens (primary N) is 1. The number of hydrogen-bond acceptors (Lipinski definition) is 2. The molecule has 0 spiro atoms. The van der Waals surface area contributed by atoms with E-state index in [1.807, 2.05) is 44.2 Å². The van der Waals surface area contributed by atoms with Gasteiger partial charge < -0.3 is 11.1 Å². The molecule has 3 N–H and O–H groups in total. The van der Waals surface area contributed by atoms with Crippen LogP contribution in [0, 0.1) is 13.8 Å². The first-order chi connectivity index (χ1) is 9.52. The van der Waals surface area contributed by atoms with Crippen molar-refractivity contribution in [2.75, 3.05) is 11.1 Å². The molecule has 2 rings (SSSR count). The lowest BCUT2D eigenvalue weighted by Crippen LogP contribution is -2.16.